The van der Waals surface area contributed by atoms with Gasteiger partial charge in [0.05, 0.1) is 16.4 Å². The van der Waals surface area contributed by atoms with Gasteiger partial charge in [-0.05, 0) is 128 Å². The van der Waals surface area contributed by atoms with Crippen molar-refractivity contribution in [3.63, 3.8) is 0 Å². The summed E-state index contributed by atoms with van der Waals surface area (Å²) in [6, 6.07) is 41.7. The van der Waals surface area contributed by atoms with Crippen LogP contribution in [0.25, 0.3) is 0 Å². The van der Waals surface area contributed by atoms with E-state index in [1.807, 2.05) is 0 Å². The summed E-state index contributed by atoms with van der Waals surface area (Å²) in [7, 11) is 0. The van der Waals surface area contributed by atoms with Gasteiger partial charge in [-0.25, -0.2) is 0 Å². The van der Waals surface area contributed by atoms with Gasteiger partial charge >= 0.3 is 0 Å². The highest BCUT2D eigenvalue weighted by Gasteiger charge is 2.23. The van der Waals surface area contributed by atoms with Crippen LogP contribution in [0.3, 0.4) is 0 Å². The van der Waals surface area contributed by atoms with E-state index in [4.69, 9.17) is 11.6 Å². The number of aryl methyl sites for hydroxylation is 4. The number of rotatable bonds is 15. The molecule has 0 unspecified atom stereocenters. The lowest BCUT2D eigenvalue weighted by molar-refractivity contribution is 0.758. The molecule has 0 saturated carbocycles. The lowest BCUT2D eigenvalue weighted by atomic mass is 9.96. The molecule has 0 fully saturated rings. The van der Waals surface area contributed by atoms with Crippen LogP contribution in [0.1, 0.15) is 81.5 Å². The van der Waals surface area contributed by atoms with Crippen molar-refractivity contribution >= 4 is 45.7 Å². The molecule has 0 amide bonds. The number of halogens is 1. The molecule has 0 N–H and O–H groups in total. The van der Waals surface area contributed by atoms with Crippen LogP contribution in [0.2, 0.25) is 5.02 Å². The molecule has 0 spiro atoms. The number of benzene rings is 5. The minimum atomic E-state index is 0.721. The number of hydrogen-bond acceptors (Lipinski definition) is 2. The van der Waals surface area contributed by atoms with Crippen LogP contribution in [-0.4, -0.2) is 0 Å². The molecule has 0 atom stereocenters. The minimum absolute atomic E-state index is 0.721. The van der Waals surface area contributed by atoms with Gasteiger partial charge in [0.2, 0.25) is 0 Å². The molecular formula is C43H49ClN2. The van der Waals surface area contributed by atoms with Crippen molar-refractivity contribution in [1.82, 2.24) is 0 Å². The highest BCUT2D eigenvalue weighted by Crippen LogP contribution is 2.47. The first-order valence-corrected chi connectivity index (χ1v) is 17.6. The van der Waals surface area contributed by atoms with Crippen molar-refractivity contribution < 1.29 is 0 Å². The fraction of sp³-hybridized carbons (Fsp3) is 0.302. The molecule has 0 bridgehead atoms. The quantitative estimate of drug-likeness (QED) is 0.114. The predicted octanol–water partition coefficient (Wildman–Crippen LogP) is 13.6. The second-order valence-corrected chi connectivity index (χ2v) is 12.8. The second-order valence-electron chi connectivity index (χ2n) is 12.4. The lowest BCUT2D eigenvalue weighted by Crippen LogP contribution is -2.15. The summed E-state index contributed by atoms with van der Waals surface area (Å²) < 4.78 is 0. The van der Waals surface area contributed by atoms with Crippen molar-refractivity contribution in [2.24, 2.45) is 0 Å². The first kappa shape index (κ1) is 33.4. The van der Waals surface area contributed by atoms with Crippen molar-refractivity contribution in [2.75, 3.05) is 9.80 Å². The van der Waals surface area contributed by atoms with E-state index in [0.29, 0.717) is 0 Å². The summed E-state index contributed by atoms with van der Waals surface area (Å²) >= 11 is 7.61. The number of unbranched alkanes of at least 4 members (excludes halogenated alkanes) is 3. The highest BCUT2D eigenvalue weighted by atomic mass is 35.5. The fourth-order valence-corrected chi connectivity index (χ4v) is 6.50. The molecule has 0 aliphatic rings. The summed E-state index contributed by atoms with van der Waals surface area (Å²) in [5.41, 5.74) is 11.8. The Kier molecular flexibility index (Phi) is 12.0. The number of para-hydroxylation sites is 2. The van der Waals surface area contributed by atoms with Crippen molar-refractivity contribution in [1.29, 1.82) is 0 Å². The van der Waals surface area contributed by atoms with Crippen LogP contribution >= 0.6 is 11.6 Å². The van der Waals surface area contributed by atoms with Gasteiger partial charge < -0.3 is 9.80 Å². The Balaban J connectivity index is 1.67. The Labute approximate surface area is 282 Å². The monoisotopic (exact) mass is 628 g/mol. The summed E-state index contributed by atoms with van der Waals surface area (Å²) in [5, 5.41) is 0.721. The third-order valence-corrected chi connectivity index (χ3v) is 9.14. The maximum Gasteiger partial charge on any atom is 0.0887 e. The topological polar surface area (TPSA) is 6.48 Å². The zero-order valence-electron chi connectivity index (χ0n) is 28.1. The molecule has 3 heteroatoms. The van der Waals surface area contributed by atoms with Crippen molar-refractivity contribution in [3.05, 3.63) is 143 Å². The van der Waals surface area contributed by atoms with Crippen LogP contribution in [0, 0.1) is 6.92 Å². The third-order valence-electron chi connectivity index (χ3n) is 8.75. The first-order valence-electron chi connectivity index (χ1n) is 17.2. The number of anilines is 6. The van der Waals surface area contributed by atoms with Gasteiger partial charge in [0.1, 0.15) is 0 Å². The Hall–Kier alpha value is -4.01. The molecular weight excluding hydrogens is 580 g/mol. The zero-order chi connectivity index (χ0) is 32.3. The average Bonchev–Trinajstić information content (AvgIpc) is 3.09. The Bertz CT molecular complexity index is 1660. The van der Waals surface area contributed by atoms with Crippen LogP contribution in [-0.2, 0) is 19.3 Å². The second kappa shape index (κ2) is 16.5. The highest BCUT2D eigenvalue weighted by molar-refractivity contribution is 6.36. The standard InChI is InChI=1S/C43H49ClN2/c1-5-8-17-34-24-27-39(28-25-34)45(37-20-13-11-14-21-37)41-30-33(4)31-42(43(41)44)46(38-22-15-12-16-23-38)40-29-26-35(18-9-6-2)36(32-40)19-10-7-3/h11-16,20-32H,5-10,17-19H2,1-4H3. The smallest absolute Gasteiger partial charge is 0.0887 e. The molecule has 0 saturated heterocycles. The van der Waals surface area contributed by atoms with Gasteiger partial charge in [0.15, 0.2) is 0 Å². The predicted molar refractivity (Wildman–Crippen MR) is 201 cm³/mol. The lowest BCUT2D eigenvalue weighted by Gasteiger charge is -2.32. The van der Waals surface area contributed by atoms with Crippen LogP contribution < -0.4 is 9.80 Å². The van der Waals surface area contributed by atoms with E-state index in [9.17, 15) is 0 Å². The van der Waals surface area contributed by atoms with E-state index in [2.05, 4.69) is 153 Å². The molecule has 2 nitrogen and oxygen atoms in total. The van der Waals surface area contributed by atoms with Gasteiger partial charge in [-0.2, -0.15) is 0 Å². The van der Waals surface area contributed by atoms with E-state index >= 15 is 0 Å². The maximum atomic E-state index is 7.61. The minimum Gasteiger partial charge on any atom is -0.309 e. The van der Waals surface area contributed by atoms with E-state index in [1.165, 1.54) is 55.2 Å². The molecule has 0 aliphatic heterocycles. The fourth-order valence-electron chi connectivity index (χ4n) is 6.22. The molecule has 0 radical (unpaired) electrons. The molecule has 5 rings (SSSR count). The molecule has 5 aromatic rings. The summed E-state index contributed by atoms with van der Waals surface area (Å²) in [4.78, 5) is 4.64. The number of nitrogens with zero attached hydrogens (tertiary/aromatic N) is 2. The van der Waals surface area contributed by atoms with Crippen LogP contribution in [0.4, 0.5) is 34.1 Å². The molecule has 0 aliphatic carbocycles. The third kappa shape index (κ3) is 8.03. The van der Waals surface area contributed by atoms with E-state index in [-0.39, 0.29) is 0 Å². The SMILES string of the molecule is CCCCc1ccc(N(c2ccccc2)c2cc(C)cc(N(c3ccccc3)c3ccc(CCCC)c(CCCC)c3)c2Cl)cc1. The Morgan fingerprint density at radius 2 is 0.935 bits per heavy atom. The van der Waals surface area contributed by atoms with E-state index in [0.717, 1.165) is 64.0 Å². The van der Waals surface area contributed by atoms with E-state index in [1.54, 1.807) is 0 Å². The summed E-state index contributed by atoms with van der Waals surface area (Å²) in [5.74, 6) is 0. The zero-order valence-corrected chi connectivity index (χ0v) is 28.9. The van der Waals surface area contributed by atoms with Crippen LogP contribution in [0.5, 0.6) is 0 Å². The van der Waals surface area contributed by atoms with Gasteiger partial charge in [-0.3, -0.25) is 0 Å². The van der Waals surface area contributed by atoms with Crippen molar-refractivity contribution in [3.8, 4) is 0 Å². The van der Waals surface area contributed by atoms with Gasteiger partial charge in [-0.15, -0.1) is 0 Å². The van der Waals surface area contributed by atoms with E-state index < -0.39 is 0 Å². The van der Waals surface area contributed by atoms with Gasteiger partial charge in [0.25, 0.3) is 0 Å². The largest absolute Gasteiger partial charge is 0.309 e. The molecule has 238 valence electrons. The molecule has 0 aromatic heterocycles. The maximum absolute atomic E-state index is 7.61. The van der Waals surface area contributed by atoms with Gasteiger partial charge in [-0.1, -0.05) is 106 Å². The Morgan fingerprint density at radius 1 is 0.478 bits per heavy atom. The Morgan fingerprint density at radius 3 is 1.48 bits per heavy atom. The average molecular weight is 629 g/mol. The molecule has 0 heterocycles. The number of hydrogen-bond donors (Lipinski definition) is 0. The van der Waals surface area contributed by atoms with Crippen molar-refractivity contribution in [2.45, 2.75) is 85.5 Å². The summed E-state index contributed by atoms with van der Waals surface area (Å²) in [6.07, 6.45) is 10.5. The summed E-state index contributed by atoms with van der Waals surface area (Å²) in [6.45, 7) is 8.96. The molecule has 46 heavy (non-hydrogen) atoms. The molecule has 5 aromatic carbocycles. The van der Waals surface area contributed by atoms with Gasteiger partial charge in [0, 0.05) is 22.7 Å². The van der Waals surface area contributed by atoms with Crippen LogP contribution in [0.15, 0.2) is 115 Å². The first-order chi connectivity index (χ1) is 22.5. The normalized spacial score (nSPS) is 11.1.